The molecule has 4 nitrogen and oxygen atoms in total. The number of hydrogen-bond acceptors (Lipinski definition) is 4. The van der Waals surface area contributed by atoms with Crippen molar-refractivity contribution in [3.05, 3.63) is 23.3 Å². The third-order valence-corrected chi connectivity index (χ3v) is 3.70. The van der Waals surface area contributed by atoms with Crippen LogP contribution in [0.25, 0.3) is 0 Å². The SMILES string of the molecule is COC(=O)c1cc(NC2(C)CCC2)cc(C)c1N. The quantitative estimate of drug-likeness (QED) is 0.637. The van der Waals surface area contributed by atoms with Gasteiger partial charge in [0.1, 0.15) is 0 Å². The molecule has 0 spiro atoms. The Labute approximate surface area is 108 Å². The van der Waals surface area contributed by atoms with E-state index in [0.717, 1.165) is 24.1 Å². The number of esters is 1. The second-order valence-electron chi connectivity index (χ2n) is 5.29. The first-order valence-corrected chi connectivity index (χ1v) is 6.22. The molecule has 0 aliphatic heterocycles. The zero-order chi connectivity index (χ0) is 13.3. The molecule has 4 heteroatoms. The van der Waals surface area contributed by atoms with Crippen LogP contribution < -0.4 is 11.1 Å². The largest absolute Gasteiger partial charge is 0.465 e. The first kappa shape index (κ1) is 12.7. The predicted molar refractivity (Wildman–Crippen MR) is 72.8 cm³/mol. The molecule has 0 saturated heterocycles. The number of methoxy groups -OCH3 is 1. The molecule has 1 fully saturated rings. The number of carbonyl (C=O) groups is 1. The summed E-state index contributed by atoms with van der Waals surface area (Å²) in [4.78, 5) is 11.7. The normalized spacial score (nSPS) is 16.8. The Hall–Kier alpha value is -1.71. The highest BCUT2D eigenvalue weighted by Gasteiger charge is 2.31. The van der Waals surface area contributed by atoms with Crippen molar-refractivity contribution < 1.29 is 9.53 Å². The van der Waals surface area contributed by atoms with Gasteiger partial charge in [-0.05, 0) is 50.8 Å². The number of rotatable bonds is 3. The molecule has 1 aromatic rings. The molecule has 0 heterocycles. The molecule has 0 aromatic heterocycles. The van der Waals surface area contributed by atoms with E-state index >= 15 is 0 Å². The van der Waals surface area contributed by atoms with Gasteiger partial charge in [-0.3, -0.25) is 0 Å². The second kappa shape index (κ2) is 4.52. The van der Waals surface area contributed by atoms with Crippen LogP contribution in [0.5, 0.6) is 0 Å². The van der Waals surface area contributed by atoms with Gasteiger partial charge in [0.25, 0.3) is 0 Å². The van der Waals surface area contributed by atoms with E-state index in [1.807, 2.05) is 13.0 Å². The number of anilines is 2. The van der Waals surface area contributed by atoms with Gasteiger partial charge in [-0.2, -0.15) is 0 Å². The van der Waals surface area contributed by atoms with Gasteiger partial charge in [-0.15, -0.1) is 0 Å². The number of nitrogens with one attached hydrogen (secondary N) is 1. The minimum Gasteiger partial charge on any atom is -0.465 e. The first-order chi connectivity index (χ1) is 8.45. The van der Waals surface area contributed by atoms with E-state index in [2.05, 4.69) is 12.2 Å². The molecule has 1 aliphatic rings. The lowest BCUT2D eigenvalue weighted by Crippen LogP contribution is -2.41. The lowest BCUT2D eigenvalue weighted by Gasteiger charge is -2.40. The zero-order valence-electron chi connectivity index (χ0n) is 11.2. The predicted octanol–water partition coefficient (Wildman–Crippen LogP) is 2.72. The topological polar surface area (TPSA) is 64.3 Å². The summed E-state index contributed by atoms with van der Waals surface area (Å²) in [6.45, 7) is 4.09. The van der Waals surface area contributed by atoms with Crippen LogP contribution in [0.2, 0.25) is 0 Å². The van der Waals surface area contributed by atoms with Gasteiger partial charge in [0, 0.05) is 16.9 Å². The molecule has 0 atom stereocenters. The maximum Gasteiger partial charge on any atom is 0.340 e. The van der Waals surface area contributed by atoms with Gasteiger partial charge >= 0.3 is 5.97 Å². The van der Waals surface area contributed by atoms with Gasteiger partial charge in [-0.25, -0.2) is 4.79 Å². The Kier molecular flexibility index (Phi) is 3.20. The zero-order valence-corrected chi connectivity index (χ0v) is 11.2. The second-order valence-corrected chi connectivity index (χ2v) is 5.29. The molecule has 0 unspecified atom stereocenters. The average molecular weight is 248 g/mol. The summed E-state index contributed by atoms with van der Waals surface area (Å²) in [6.07, 6.45) is 3.56. The van der Waals surface area contributed by atoms with Crippen LogP contribution in [0.3, 0.4) is 0 Å². The summed E-state index contributed by atoms with van der Waals surface area (Å²) >= 11 is 0. The Bertz CT molecular complexity index is 479. The Morgan fingerprint density at radius 3 is 2.61 bits per heavy atom. The molecule has 0 radical (unpaired) electrons. The van der Waals surface area contributed by atoms with E-state index in [0.29, 0.717) is 11.3 Å². The summed E-state index contributed by atoms with van der Waals surface area (Å²) in [5.74, 6) is -0.391. The van der Waals surface area contributed by atoms with Crippen LogP contribution in [0.1, 0.15) is 42.1 Å². The number of ether oxygens (including phenoxy) is 1. The fourth-order valence-electron chi connectivity index (χ4n) is 2.33. The van der Waals surface area contributed by atoms with Crippen LogP contribution in [-0.4, -0.2) is 18.6 Å². The third kappa shape index (κ3) is 2.28. The van der Waals surface area contributed by atoms with E-state index < -0.39 is 5.97 Å². The molecule has 1 aromatic carbocycles. The average Bonchev–Trinajstić information content (AvgIpc) is 2.30. The van der Waals surface area contributed by atoms with Crippen molar-refractivity contribution in [1.82, 2.24) is 0 Å². The van der Waals surface area contributed by atoms with Crippen LogP contribution in [0.15, 0.2) is 12.1 Å². The van der Waals surface area contributed by atoms with Crippen LogP contribution in [-0.2, 0) is 4.74 Å². The van der Waals surface area contributed by atoms with Crippen LogP contribution >= 0.6 is 0 Å². The molecule has 0 bridgehead atoms. The summed E-state index contributed by atoms with van der Waals surface area (Å²) in [7, 11) is 1.37. The number of aryl methyl sites for hydroxylation is 1. The molecule has 3 N–H and O–H groups in total. The highest BCUT2D eigenvalue weighted by Crippen LogP contribution is 2.35. The number of nitrogen functional groups attached to an aromatic ring is 1. The minimum absolute atomic E-state index is 0.149. The summed E-state index contributed by atoms with van der Waals surface area (Å²) < 4.78 is 4.75. The maximum atomic E-state index is 11.7. The molecule has 18 heavy (non-hydrogen) atoms. The number of carbonyl (C=O) groups excluding carboxylic acids is 1. The molecule has 1 aliphatic carbocycles. The first-order valence-electron chi connectivity index (χ1n) is 6.22. The number of hydrogen-bond donors (Lipinski definition) is 2. The van der Waals surface area contributed by atoms with Gasteiger partial charge < -0.3 is 15.8 Å². The van der Waals surface area contributed by atoms with E-state index in [9.17, 15) is 4.79 Å². The standard InChI is InChI=1S/C14H20N2O2/c1-9-7-10(16-14(2)5-4-6-14)8-11(12(9)15)13(17)18-3/h7-8,16H,4-6,15H2,1-3H3. The van der Waals surface area contributed by atoms with Crippen molar-refractivity contribution in [2.75, 3.05) is 18.2 Å². The Balaban J connectivity index is 2.31. The van der Waals surface area contributed by atoms with Crippen LogP contribution in [0, 0.1) is 6.92 Å². The maximum absolute atomic E-state index is 11.7. The smallest absolute Gasteiger partial charge is 0.340 e. The molecular formula is C14H20N2O2. The van der Waals surface area contributed by atoms with E-state index in [-0.39, 0.29) is 5.54 Å². The summed E-state index contributed by atoms with van der Waals surface area (Å²) in [5.41, 5.74) is 8.81. The third-order valence-electron chi connectivity index (χ3n) is 3.70. The lowest BCUT2D eigenvalue weighted by molar-refractivity contribution is 0.0602. The monoisotopic (exact) mass is 248 g/mol. The van der Waals surface area contributed by atoms with Crippen molar-refractivity contribution in [1.29, 1.82) is 0 Å². The van der Waals surface area contributed by atoms with Gasteiger partial charge in [-0.1, -0.05) is 0 Å². The summed E-state index contributed by atoms with van der Waals surface area (Å²) in [6, 6.07) is 3.75. The number of benzene rings is 1. The van der Waals surface area contributed by atoms with Crippen molar-refractivity contribution in [3.63, 3.8) is 0 Å². The minimum atomic E-state index is -0.391. The molecule has 1 saturated carbocycles. The van der Waals surface area contributed by atoms with E-state index in [4.69, 9.17) is 10.5 Å². The molecule has 2 rings (SSSR count). The highest BCUT2D eigenvalue weighted by atomic mass is 16.5. The van der Waals surface area contributed by atoms with Gasteiger partial charge in [0.2, 0.25) is 0 Å². The molecular weight excluding hydrogens is 228 g/mol. The van der Waals surface area contributed by atoms with E-state index in [1.165, 1.54) is 13.5 Å². The fourth-order valence-corrected chi connectivity index (χ4v) is 2.33. The Morgan fingerprint density at radius 1 is 1.44 bits per heavy atom. The summed E-state index contributed by atoms with van der Waals surface area (Å²) in [5, 5.41) is 3.48. The van der Waals surface area contributed by atoms with E-state index in [1.54, 1.807) is 6.07 Å². The van der Waals surface area contributed by atoms with Crippen molar-refractivity contribution >= 4 is 17.3 Å². The van der Waals surface area contributed by atoms with Gasteiger partial charge in [0.05, 0.1) is 12.7 Å². The van der Waals surface area contributed by atoms with Crippen molar-refractivity contribution in [2.24, 2.45) is 0 Å². The van der Waals surface area contributed by atoms with Crippen LogP contribution in [0.4, 0.5) is 11.4 Å². The van der Waals surface area contributed by atoms with Crippen molar-refractivity contribution in [3.8, 4) is 0 Å². The Morgan fingerprint density at radius 2 is 2.11 bits per heavy atom. The van der Waals surface area contributed by atoms with Crippen molar-refractivity contribution in [2.45, 2.75) is 38.6 Å². The molecule has 0 amide bonds. The molecule has 98 valence electrons. The highest BCUT2D eigenvalue weighted by molar-refractivity contribution is 5.97. The lowest BCUT2D eigenvalue weighted by atomic mass is 9.78. The van der Waals surface area contributed by atoms with Gasteiger partial charge in [0.15, 0.2) is 0 Å². The fraction of sp³-hybridized carbons (Fsp3) is 0.500. The number of nitrogens with two attached hydrogens (primary N) is 1.